The van der Waals surface area contributed by atoms with E-state index >= 15 is 0 Å². The molecule has 0 aliphatic rings. The summed E-state index contributed by atoms with van der Waals surface area (Å²) in [6, 6.07) is 6.13. The molecule has 0 fully saturated rings. The molecular weight excluding hydrogens is 246 g/mol. The smallest absolute Gasteiger partial charge is 0.122 e. The van der Waals surface area contributed by atoms with Crippen LogP contribution in [0.15, 0.2) is 23.6 Å². The molecule has 1 aromatic carbocycles. The predicted molar refractivity (Wildman–Crippen MR) is 74.5 cm³/mol. The van der Waals surface area contributed by atoms with Gasteiger partial charge in [0.2, 0.25) is 0 Å². The van der Waals surface area contributed by atoms with E-state index in [-0.39, 0.29) is 0 Å². The largest absolute Gasteiger partial charge is 0.494 e. The molecule has 0 spiro atoms. The molecule has 2 rings (SSSR count). The molecule has 0 saturated carbocycles. The Morgan fingerprint density at radius 3 is 2.94 bits per heavy atom. The molecule has 18 heavy (non-hydrogen) atoms. The van der Waals surface area contributed by atoms with Gasteiger partial charge in [-0.05, 0) is 37.6 Å². The fourth-order valence-corrected chi connectivity index (χ4v) is 2.49. The molecule has 2 aromatic rings. The van der Waals surface area contributed by atoms with Gasteiger partial charge in [0.05, 0.1) is 18.8 Å². The van der Waals surface area contributed by atoms with E-state index in [1.54, 1.807) is 11.3 Å². The van der Waals surface area contributed by atoms with Crippen LogP contribution < -0.4 is 16.0 Å². The van der Waals surface area contributed by atoms with E-state index in [0.29, 0.717) is 13.2 Å². The van der Waals surface area contributed by atoms with Crippen molar-refractivity contribution in [3.8, 4) is 17.0 Å². The van der Waals surface area contributed by atoms with E-state index in [1.807, 2.05) is 31.4 Å². The molecule has 0 radical (unpaired) electrons. The van der Waals surface area contributed by atoms with Gasteiger partial charge in [-0.2, -0.15) is 0 Å². The van der Waals surface area contributed by atoms with Crippen molar-refractivity contribution in [2.45, 2.75) is 20.4 Å². The molecule has 4 nitrogen and oxygen atoms in total. The minimum absolute atomic E-state index is 0.598. The zero-order valence-corrected chi connectivity index (χ0v) is 11.4. The van der Waals surface area contributed by atoms with Gasteiger partial charge in [-0.15, -0.1) is 11.3 Å². The molecule has 0 atom stereocenters. The summed E-state index contributed by atoms with van der Waals surface area (Å²) >= 11 is 1.60. The van der Waals surface area contributed by atoms with Crippen LogP contribution in [-0.4, -0.2) is 11.6 Å². The number of thiazole rings is 1. The standard InChI is InChI=1S/C13H17N3OS/c1-3-17-12-5-4-10(6-9(12)2)11-8-18-13(16-11)7-15-14/h4-6,8,15H,3,7,14H2,1-2H3. The molecule has 96 valence electrons. The monoisotopic (exact) mass is 263 g/mol. The van der Waals surface area contributed by atoms with Crippen molar-refractivity contribution in [3.63, 3.8) is 0 Å². The second kappa shape index (κ2) is 5.95. The first-order valence-electron chi connectivity index (χ1n) is 5.86. The summed E-state index contributed by atoms with van der Waals surface area (Å²) < 4.78 is 5.53. The van der Waals surface area contributed by atoms with Crippen LogP contribution in [-0.2, 0) is 6.54 Å². The lowest BCUT2D eigenvalue weighted by Crippen LogP contribution is -2.20. The molecule has 0 saturated heterocycles. The van der Waals surface area contributed by atoms with Gasteiger partial charge >= 0.3 is 0 Å². The first-order chi connectivity index (χ1) is 8.74. The fourth-order valence-electron chi connectivity index (χ4n) is 1.74. The van der Waals surface area contributed by atoms with Gasteiger partial charge in [-0.25, -0.2) is 4.98 Å². The molecule has 0 aliphatic heterocycles. The maximum absolute atomic E-state index is 5.53. The highest BCUT2D eigenvalue weighted by atomic mass is 32.1. The average Bonchev–Trinajstić information content (AvgIpc) is 2.81. The van der Waals surface area contributed by atoms with E-state index in [2.05, 4.69) is 16.5 Å². The second-order valence-electron chi connectivity index (χ2n) is 3.92. The van der Waals surface area contributed by atoms with Crippen LogP contribution >= 0.6 is 11.3 Å². The van der Waals surface area contributed by atoms with Gasteiger partial charge in [0.25, 0.3) is 0 Å². The Hall–Kier alpha value is -1.43. The molecule has 0 amide bonds. The number of rotatable bonds is 5. The van der Waals surface area contributed by atoms with Crippen LogP contribution in [0.4, 0.5) is 0 Å². The molecule has 0 unspecified atom stereocenters. The third kappa shape index (κ3) is 2.87. The highest BCUT2D eigenvalue weighted by Crippen LogP contribution is 2.27. The van der Waals surface area contributed by atoms with Crippen molar-refractivity contribution >= 4 is 11.3 Å². The van der Waals surface area contributed by atoms with E-state index in [0.717, 1.165) is 27.6 Å². The van der Waals surface area contributed by atoms with E-state index in [1.165, 1.54) is 0 Å². The van der Waals surface area contributed by atoms with Crippen LogP contribution in [0.5, 0.6) is 5.75 Å². The number of benzene rings is 1. The minimum Gasteiger partial charge on any atom is -0.494 e. The topological polar surface area (TPSA) is 60.2 Å². The number of nitrogens with two attached hydrogens (primary N) is 1. The Balaban J connectivity index is 2.24. The summed E-state index contributed by atoms with van der Waals surface area (Å²) in [5, 5.41) is 3.03. The Bertz CT molecular complexity index is 525. The highest BCUT2D eigenvalue weighted by Gasteiger charge is 2.06. The third-order valence-corrected chi connectivity index (χ3v) is 3.42. The van der Waals surface area contributed by atoms with Gasteiger partial charge in [-0.3, -0.25) is 11.3 Å². The summed E-state index contributed by atoms with van der Waals surface area (Å²) in [5.74, 6) is 6.22. The normalized spacial score (nSPS) is 10.6. The van der Waals surface area contributed by atoms with Gasteiger partial charge < -0.3 is 4.74 Å². The van der Waals surface area contributed by atoms with Crippen molar-refractivity contribution in [2.24, 2.45) is 5.84 Å². The Morgan fingerprint density at radius 1 is 1.44 bits per heavy atom. The lowest BCUT2D eigenvalue weighted by molar-refractivity contribution is 0.338. The zero-order chi connectivity index (χ0) is 13.0. The number of nitrogens with one attached hydrogen (secondary N) is 1. The molecular formula is C13H17N3OS. The summed E-state index contributed by atoms with van der Waals surface area (Å²) in [4.78, 5) is 4.52. The first kappa shape index (κ1) is 13.0. The van der Waals surface area contributed by atoms with Crippen LogP contribution in [0, 0.1) is 6.92 Å². The fraction of sp³-hybridized carbons (Fsp3) is 0.308. The average molecular weight is 263 g/mol. The van der Waals surface area contributed by atoms with Gasteiger partial charge in [0.1, 0.15) is 10.8 Å². The molecule has 0 aliphatic carbocycles. The number of aromatic nitrogens is 1. The zero-order valence-electron chi connectivity index (χ0n) is 10.6. The lowest BCUT2D eigenvalue weighted by Gasteiger charge is -2.07. The highest BCUT2D eigenvalue weighted by molar-refractivity contribution is 7.09. The summed E-state index contributed by atoms with van der Waals surface area (Å²) in [6.45, 7) is 5.31. The summed E-state index contributed by atoms with van der Waals surface area (Å²) in [7, 11) is 0. The molecule has 0 bridgehead atoms. The van der Waals surface area contributed by atoms with Crippen LogP contribution in [0.3, 0.4) is 0 Å². The predicted octanol–water partition coefficient (Wildman–Crippen LogP) is 2.48. The number of nitrogens with zero attached hydrogens (tertiary/aromatic N) is 1. The summed E-state index contributed by atoms with van der Waals surface area (Å²) in [5.41, 5.74) is 5.83. The molecule has 1 aromatic heterocycles. The number of aryl methyl sites for hydroxylation is 1. The van der Waals surface area contributed by atoms with Crippen molar-refractivity contribution in [2.75, 3.05) is 6.61 Å². The SMILES string of the molecule is CCOc1ccc(-c2csc(CNN)n2)cc1C. The van der Waals surface area contributed by atoms with Crippen molar-refractivity contribution in [1.29, 1.82) is 0 Å². The maximum Gasteiger partial charge on any atom is 0.122 e. The lowest BCUT2D eigenvalue weighted by atomic mass is 10.1. The van der Waals surface area contributed by atoms with Crippen molar-refractivity contribution in [1.82, 2.24) is 10.4 Å². The third-order valence-electron chi connectivity index (χ3n) is 2.58. The Morgan fingerprint density at radius 2 is 2.28 bits per heavy atom. The van der Waals surface area contributed by atoms with Crippen molar-refractivity contribution in [3.05, 3.63) is 34.2 Å². The number of hydrogen-bond acceptors (Lipinski definition) is 5. The summed E-state index contributed by atoms with van der Waals surface area (Å²) in [6.07, 6.45) is 0. The number of hydrazine groups is 1. The van der Waals surface area contributed by atoms with Gasteiger partial charge in [0, 0.05) is 10.9 Å². The molecule has 3 N–H and O–H groups in total. The quantitative estimate of drug-likeness (QED) is 0.642. The van der Waals surface area contributed by atoms with Gasteiger partial charge in [-0.1, -0.05) is 0 Å². The second-order valence-corrected chi connectivity index (χ2v) is 4.86. The minimum atomic E-state index is 0.598. The van der Waals surface area contributed by atoms with E-state index in [4.69, 9.17) is 10.6 Å². The van der Waals surface area contributed by atoms with Gasteiger partial charge in [0.15, 0.2) is 0 Å². The van der Waals surface area contributed by atoms with Crippen LogP contribution in [0.25, 0.3) is 11.3 Å². The Kier molecular flexibility index (Phi) is 4.30. The first-order valence-corrected chi connectivity index (χ1v) is 6.74. The molecule has 1 heterocycles. The molecule has 5 heteroatoms. The van der Waals surface area contributed by atoms with Crippen LogP contribution in [0.1, 0.15) is 17.5 Å². The Labute approximate surface area is 111 Å². The van der Waals surface area contributed by atoms with E-state index < -0.39 is 0 Å². The maximum atomic E-state index is 5.53. The van der Waals surface area contributed by atoms with Crippen molar-refractivity contribution < 1.29 is 4.74 Å². The van der Waals surface area contributed by atoms with Crippen LogP contribution in [0.2, 0.25) is 0 Å². The van der Waals surface area contributed by atoms with E-state index in [9.17, 15) is 0 Å². The number of ether oxygens (including phenoxy) is 1. The number of hydrogen-bond donors (Lipinski definition) is 2.